The zero-order valence-electron chi connectivity index (χ0n) is 10.9. The lowest BCUT2D eigenvalue weighted by Gasteiger charge is -2.06. The predicted molar refractivity (Wildman–Crippen MR) is 71.5 cm³/mol. The maximum atomic E-state index is 5.97. The Morgan fingerprint density at radius 3 is 3.00 bits per heavy atom. The number of aromatic nitrogens is 6. The predicted octanol–water partition coefficient (Wildman–Crippen LogP) is 0.982. The summed E-state index contributed by atoms with van der Waals surface area (Å²) in [6.07, 6.45) is 3.52. The van der Waals surface area contributed by atoms with Gasteiger partial charge in [-0.05, 0) is 25.5 Å². The number of pyridine rings is 1. The smallest absolute Gasteiger partial charge is 0.202 e. The van der Waals surface area contributed by atoms with E-state index >= 15 is 0 Å². The third-order valence-corrected chi connectivity index (χ3v) is 3.09. The number of rotatable bonds is 3. The van der Waals surface area contributed by atoms with Crippen molar-refractivity contribution in [3.8, 4) is 0 Å². The molecule has 3 heterocycles. The summed E-state index contributed by atoms with van der Waals surface area (Å²) in [4.78, 5) is 8.73. The van der Waals surface area contributed by atoms with E-state index in [9.17, 15) is 0 Å². The number of nitrogens with zero attached hydrogens (tertiary/aromatic N) is 6. The molecule has 0 amide bonds. The third kappa shape index (κ3) is 1.92. The maximum absolute atomic E-state index is 5.97. The summed E-state index contributed by atoms with van der Waals surface area (Å²) in [7, 11) is 0. The van der Waals surface area contributed by atoms with Crippen molar-refractivity contribution in [3.05, 3.63) is 30.0 Å². The Kier molecular flexibility index (Phi) is 2.66. The molecule has 0 atom stereocenters. The molecular weight excluding hydrogens is 242 g/mol. The molecule has 7 nitrogen and oxygen atoms in total. The van der Waals surface area contributed by atoms with Gasteiger partial charge in [0.2, 0.25) is 5.95 Å². The number of hydrogen-bond donors (Lipinski definition) is 1. The second-order valence-corrected chi connectivity index (χ2v) is 4.44. The highest BCUT2D eigenvalue weighted by Gasteiger charge is 2.12. The first kappa shape index (κ1) is 11.6. The molecule has 0 unspecified atom stereocenters. The van der Waals surface area contributed by atoms with Gasteiger partial charge in [-0.25, -0.2) is 9.97 Å². The van der Waals surface area contributed by atoms with E-state index in [1.807, 2.05) is 35.2 Å². The van der Waals surface area contributed by atoms with E-state index in [-0.39, 0.29) is 0 Å². The lowest BCUT2D eigenvalue weighted by Crippen LogP contribution is -2.10. The second-order valence-electron chi connectivity index (χ2n) is 4.44. The first-order chi connectivity index (χ1) is 9.19. The molecule has 0 radical (unpaired) electrons. The third-order valence-electron chi connectivity index (χ3n) is 3.09. The van der Waals surface area contributed by atoms with Gasteiger partial charge in [-0.2, -0.15) is 0 Å². The molecule has 3 rings (SSSR count). The first-order valence-corrected chi connectivity index (χ1v) is 6.14. The minimum absolute atomic E-state index is 0.443. The topological polar surface area (TPSA) is 87.4 Å². The van der Waals surface area contributed by atoms with Crippen molar-refractivity contribution in [1.82, 2.24) is 29.3 Å². The molecule has 0 saturated carbocycles. The van der Waals surface area contributed by atoms with Gasteiger partial charge in [0.05, 0.1) is 6.54 Å². The number of hydrogen-bond acceptors (Lipinski definition) is 5. The van der Waals surface area contributed by atoms with Crippen molar-refractivity contribution < 1.29 is 0 Å². The number of aryl methyl sites for hydroxylation is 2. The number of nitrogen functional groups attached to an aromatic ring is 1. The molecule has 0 aliphatic heterocycles. The Bertz CT molecular complexity index is 725. The summed E-state index contributed by atoms with van der Waals surface area (Å²) in [6.45, 7) is 5.37. The van der Waals surface area contributed by atoms with Crippen molar-refractivity contribution in [3.63, 3.8) is 0 Å². The van der Waals surface area contributed by atoms with Gasteiger partial charge in [0.25, 0.3) is 0 Å². The fraction of sp³-hybridized carbons (Fsp3) is 0.333. The van der Waals surface area contributed by atoms with Crippen molar-refractivity contribution in [2.24, 2.45) is 0 Å². The van der Waals surface area contributed by atoms with Crippen LogP contribution in [0.2, 0.25) is 0 Å². The molecule has 0 fully saturated rings. The summed E-state index contributed by atoms with van der Waals surface area (Å²) in [6, 6.07) is 1.97. The molecule has 98 valence electrons. The number of fused-ring (bicyclic) bond motifs is 1. The SMILES string of the molecule is CCn1cnnc1Cn1c(N)nc2cc(C)cnc21. The average Bonchev–Trinajstić information content (AvgIpc) is 2.95. The van der Waals surface area contributed by atoms with Crippen LogP contribution in [-0.4, -0.2) is 29.3 Å². The summed E-state index contributed by atoms with van der Waals surface area (Å²) in [5.41, 5.74) is 8.61. The van der Waals surface area contributed by atoms with Gasteiger partial charge >= 0.3 is 0 Å². The molecule has 0 spiro atoms. The zero-order valence-corrected chi connectivity index (χ0v) is 10.9. The highest BCUT2D eigenvalue weighted by atomic mass is 15.3. The first-order valence-electron chi connectivity index (χ1n) is 6.14. The molecule has 19 heavy (non-hydrogen) atoms. The van der Waals surface area contributed by atoms with Crippen LogP contribution >= 0.6 is 0 Å². The fourth-order valence-corrected chi connectivity index (χ4v) is 2.09. The van der Waals surface area contributed by atoms with Gasteiger partial charge in [0.15, 0.2) is 11.5 Å². The molecule has 0 saturated heterocycles. The van der Waals surface area contributed by atoms with E-state index in [1.165, 1.54) is 0 Å². The normalized spacial score (nSPS) is 11.3. The number of nitrogens with two attached hydrogens (primary N) is 1. The summed E-state index contributed by atoms with van der Waals surface area (Å²) in [5.74, 6) is 1.29. The summed E-state index contributed by atoms with van der Waals surface area (Å²) >= 11 is 0. The highest BCUT2D eigenvalue weighted by molar-refractivity contribution is 5.74. The largest absolute Gasteiger partial charge is 0.369 e. The molecule has 0 bridgehead atoms. The molecule has 0 aliphatic carbocycles. The summed E-state index contributed by atoms with van der Waals surface area (Å²) < 4.78 is 3.82. The van der Waals surface area contributed by atoms with Crippen LogP contribution in [0, 0.1) is 6.92 Å². The number of anilines is 1. The molecular formula is C12H15N7. The molecule has 2 N–H and O–H groups in total. The Morgan fingerprint density at radius 2 is 2.21 bits per heavy atom. The Labute approximate surface area is 110 Å². The minimum atomic E-state index is 0.443. The van der Waals surface area contributed by atoms with Gasteiger partial charge in [0, 0.05) is 12.7 Å². The van der Waals surface area contributed by atoms with Gasteiger partial charge in [-0.15, -0.1) is 10.2 Å². The monoisotopic (exact) mass is 257 g/mol. The average molecular weight is 257 g/mol. The van der Waals surface area contributed by atoms with Crippen molar-refractivity contribution in [1.29, 1.82) is 0 Å². The van der Waals surface area contributed by atoms with E-state index in [2.05, 4.69) is 20.2 Å². The lowest BCUT2D eigenvalue weighted by molar-refractivity contribution is 0.661. The molecule has 3 aromatic rings. The van der Waals surface area contributed by atoms with Crippen LogP contribution in [-0.2, 0) is 13.1 Å². The summed E-state index contributed by atoms with van der Waals surface area (Å²) in [5, 5.41) is 8.02. The van der Waals surface area contributed by atoms with Crippen molar-refractivity contribution in [2.45, 2.75) is 26.9 Å². The van der Waals surface area contributed by atoms with Crippen LogP contribution in [0.15, 0.2) is 18.6 Å². The van der Waals surface area contributed by atoms with E-state index < -0.39 is 0 Å². The van der Waals surface area contributed by atoms with Crippen LogP contribution in [0.4, 0.5) is 5.95 Å². The van der Waals surface area contributed by atoms with Crippen molar-refractivity contribution in [2.75, 3.05) is 5.73 Å². The van der Waals surface area contributed by atoms with E-state index in [0.29, 0.717) is 12.5 Å². The fourth-order valence-electron chi connectivity index (χ4n) is 2.09. The van der Waals surface area contributed by atoms with Crippen LogP contribution < -0.4 is 5.73 Å². The van der Waals surface area contributed by atoms with Gasteiger partial charge in [-0.3, -0.25) is 4.57 Å². The highest BCUT2D eigenvalue weighted by Crippen LogP contribution is 2.17. The minimum Gasteiger partial charge on any atom is -0.369 e. The van der Waals surface area contributed by atoms with Crippen LogP contribution in [0.1, 0.15) is 18.3 Å². The van der Waals surface area contributed by atoms with Gasteiger partial charge in [0.1, 0.15) is 11.8 Å². The quantitative estimate of drug-likeness (QED) is 0.755. The molecule has 7 heteroatoms. The van der Waals surface area contributed by atoms with Crippen LogP contribution in [0.3, 0.4) is 0 Å². The van der Waals surface area contributed by atoms with Crippen LogP contribution in [0.25, 0.3) is 11.2 Å². The second kappa shape index (κ2) is 4.34. The Hall–Kier alpha value is -2.44. The van der Waals surface area contributed by atoms with Gasteiger partial charge < -0.3 is 10.3 Å². The van der Waals surface area contributed by atoms with E-state index in [4.69, 9.17) is 5.73 Å². The lowest BCUT2D eigenvalue weighted by atomic mass is 10.3. The maximum Gasteiger partial charge on any atom is 0.202 e. The van der Waals surface area contributed by atoms with Crippen molar-refractivity contribution >= 4 is 17.1 Å². The zero-order chi connectivity index (χ0) is 13.4. The van der Waals surface area contributed by atoms with Gasteiger partial charge in [-0.1, -0.05) is 0 Å². The Morgan fingerprint density at radius 1 is 1.37 bits per heavy atom. The van der Waals surface area contributed by atoms with E-state index in [0.717, 1.165) is 29.1 Å². The standard InChI is InChI=1S/C12H15N7/c1-3-18-7-15-17-10(18)6-19-11-9(16-12(19)13)4-8(2)5-14-11/h4-5,7H,3,6H2,1-2H3,(H2,13,16). The molecule has 0 aromatic carbocycles. The molecule has 3 aromatic heterocycles. The molecule has 0 aliphatic rings. The number of imidazole rings is 1. The van der Waals surface area contributed by atoms with E-state index in [1.54, 1.807) is 6.33 Å². The Balaban J connectivity index is 2.08. The van der Waals surface area contributed by atoms with Crippen LogP contribution in [0.5, 0.6) is 0 Å².